The third-order valence-corrected chi connectivity index (χ3v) is 4.18. The number of hydrogen-bond acceptors (Lipinski definition) is 2. The Bertz CT molecular complexity index is 628. The molecule has 1 fully saturated rings. The van der Waals surface area contributed by atoms with Crippen LogP contribution in [0.4, 0.5) is 18.9 Å². The van der Waals surface area contributed by atoms with Gasteiger partial charge >= 0.3 is 6.18 Å². The lowest BCUT2D eigenvalue weighted by Gasteiger charge is -2.26. The fourth-order valence-corrected chi connectivity index (χ4v) is 2.92. The Labute approximate surface area is 143 Å². The van der Waals surface area contributed by atoms with Crippen LogP contribution in [-0.2, 0) is 15.8 Å². The van der Waals surface area contributed by atoms with Crippen LogP contribution in [0.1, 0.15) is 31.7 Å². The van der Waals surface area contributed by atoms with E-state index in [4.69, 9.17) is 11.6 Å². The average Bonchev–Trinajstić information content (AvgIpc) is 3.01. The molecular formula is C16H18ClF3N2O2. The molecule has 0 N–H and O–H groups in total. The Hall–Kier alpha value is -1.76. The van der Waals surface area contributed by atoms with Crippen molar-refractivity contribution in [3.05, 3.63) is 28.8 Å². The Kier molecular flexibility index (Phi) is 5.74. The number of carbonyl (C=O) groups is 2. The van der Waals surface area contributed by atoms with E-state index < -0.39 is 17.6 Å². The summed E-state index contributed by atoms with van der Waals surface area (Å²) in [7, 11) is 0. The van der Waals surface area contributed by atoms with Crippen molar-refractivity contribution < 1.29 is 22.8 Å². The molecule has 0 unspecified atom stereocenters. The Morgan fingerprint density at radius 1 is 1.25 bits per heavy atom. The number of rotatable bonds is 4. The number of alkyl halides is 3. The zero-order valence-electron chi connectivity index (χ0n) is 13.2. The average molecular weight is 363 g/mol. The van der Waals surface area contributed by atoms with Crippen LogP contribution in [0.25, 0.3) is 0 Å². The lowest BCUT2D eigenvalue weighted by Crippen LogP contribution is -2.36. The van der Waals surface area contributed by atoms with E-state index in [0.717, 1.165) is 29.9 Å². The number of nitrogens with zero attached hydrogens (tertiary/aromatic N) is 2. The van der Waals surface area contributed by atoms with Crippen LogP contribution in [-0.4, -0.2) is 36.3 Å². The highest BCUT2D eigenvalue weighted by atomic mass is 35.5. The van der Waals surface area contributed by atoms with Gasteiger partial charge in [0.15, 0.2) is 0 Å². The van der Waals surface area contributed by atoms with E-state index >= 15 is 0 Å². The molecule has 1 heterocycles. The van der Waals surface area contributed by atoms with Crippen LogP contribution < -0.4 is 4.90 Å². The van der Waals surface area contributed by atoms with Crippen LogP contribution >= 0.6 is 11.6 Å². The molecular weight excluding hydrogens is 345 g/mol. The lowest BCUT2D eigenvalue weighted by atomic mass is 10.1. The van der Waals surface area contributed by atoms with Gasteiger partial charge in [0.1, 0.15) is 0 Å². The molecule has 0 spiro atoms. The molecule has 1 aromatic rings. The summed E-state index contributed by atoms with van der Waals surface area (Å²) < 4.78 is 39.7. The van der Waals surface area contributed by atoms with Crippen LogP contribution in [0.5, 0.6) is 0 Å². The number of carbonyl (C=O) groups excluding carboxylic acids is 2. The topological polar surface area (TPSA) is 40.6 Å². The van der Waals surface area contributed by atoms with E-state index in [1.807, 2.05) is 0 Å². The predicted molar refractivity (Wildman–Crippen MR) is 84.9 cm³/mol. The van der Waals surface area contributed by atoms with Crippen LogP contribution in [0.15, 0.2) is 18.2 Å². The molecule has 0 saturated carbocycles. The van der Waals surface area contributed by atoms with Crippen LogP contribution in [0.2, 0.25) is 5.02 Å². The number of halogens is 4. The fourth-order valence-electron chi connectivity index (χ4n) is 2.75. The van der Waals surface area contributed by atoms with Crippen molar-refractivity contribution in [3.63, 3.8) is 0 Å². The molecule has 0 radical (unpaired) electrons. The van der Waals surface area contributed by atoms with Gasteiger partial charge in [-0.2, -0.15) is 13.2 Å². The maximum atomic E-state index is 13.2. The minimum absolute atomic E-state index is 0.0144. The second kappa shape index (κ2) is 7.42. The van der Waals surface area contributed by atoms with Gasteiger partial charge in [0.25, 0.3) is 0 Å². The fraction of sp³-hybridized carbons (Fsp3) is 0.500. The standard InChI is InChI=1S/C16H18ClF3N2O2/c1-11(23)22(9-6-15(24)21-7-2-3-8-21)14-5-4-12(17)10-13(14)16(18,19)20/h4-5,10H,2-3,6-9H2,1H3. The van der Waals surface area contributed by atoms with Crippen molar-refractivity contribution >= 4 is 29.1 Å². The molecule has 0 aliphatic carbocycles. The minimum atomic E-state index is -4.65. The van der Waals surface area contributed by atoms with Crippen molar-refractivity contribution in [2.45, 2.75) is 32.4 Å². The predicted octanol–water partition coefficient (Wildman–Crippen LogP) is 3.72. The second-order valence-electron chi connectivity index (χ2n) is 5.67. The molecule has 132 valence electrons. The smallest absolute Gasteiger partial charge is 0.343 e. The number of likely N-dealkylation sites (tertiary alicyclic amines) is 1. The number of anilines is 1. The highest BCUT2D eigenvalue weighted by Crippen LogP contribution is 2.38. The molecule has 8 heteroatoms. The van der Waals surface area contributed by atoms with E-state index in [1.54, 1.807) is 4.90 Å². The first-order valence-electron chi connectivity index (χ1n) is 7.63. The van der Waals surface area contributed by atoms with Crippen molar-refractivity contribution in [2.75, 3.05) is 24.5 Å². The molecule has 1 aliphatic rings. The van der Waals surface area contributed by atoms with E-state index in [9.17, 15) is 22.8 Å². The number of hydrogen-bond donors (Lipinski definition) is 0. The molecule has 1 aliphatic heterocycles. The third kappa shape index (κ3) is 4.41. The van der Waals surface area contributed by atoms with Crippen molar-refractivity contribution in [1.82, 2.24) is 4.90 Å². The lowest BCUT2D eigenvalue weighted by molar-refractivity contribution is -0.137. The monoisotopic (exact) mass is 362 g/mol. The maximum Gasteiger partial charge on any atom is 0.418 e. The van der Waals surface area contributed by atoms with Gasteiger partial charge in [-0.15, -0.1) is 0 Å². The first-order valence-corrected chi connectivity index (χ1v) is 8.00. The van der Waals surface area contributed by atoms with Crippen LogP contribution in [0, 0.1) is 0 Å². The molecule has 0 atom stereocenters. The minimum Gasteiger partial charge on any atom is -0.343 e. The van der Waals surface area contributed by atoms with Gasteiger partial charge < -0.3 is 9.80 Å². The van der Waals surface area contributed by atoms with Crippen molar-refractivity contribution in [3.8, 4) is 0 Å². The summed E-state index contributed by atoms with van der Waals surface area (Å²) >= 11 is 5.66. The summed E-state index contributed by atoms with van der Waals surface area (Å²) in [5.41, 5.74) is -1.27. The van der Waals surface area contributed by atoms with Gasteiger partial charge in [-0.1, -0.05) is 11.6 Å². The van der Waals surface area contributed by atoms with Gasteiger partial charge in [-0.3, -0.25) is 9.59 Å². The van der Waals surface area contributed by atoms with Gasteiger partial charge in [-0.05, 0) is 31.0 Å². The van der Waals surface area contributed by atoms with Gasteiger partial charge in [0.05, 0.1) is 11.3 Å². The SMILES string of the molecule is CC(=O)N(CCC(=O)N1CCCC1)c1ccc(Cl)cc1C(F)(F)F. The molecule has 2 amide bonds. The number of benzene rings is 1. The number of amides is 2. The zero-order chi connectivity index (χ0) is 17.9. The molecule has 1 aromatic carbocycles. The normalized spacial score (nSPS) is 14.8. The summed E-state index contributed by atoms with van der Waals surface area (Å²) in [6.45, 7) is 2.39. The highest BCUT2D eigenvalue weighted by Gasteiger charge is 2.36. The van der Waals surface area contributed by atoms with Gasteiger partial charge in [0.2, 0.25) is 11.8 Å². The first kappa shape index (κ1) is 18.6. The summed E-state index contributed by atoms with van der Waals surface area (Å²) in [5.74, 6) is -0.710. The summed E-state index contributed by atoms with van der Waals surface area (Å²) in [4.78, 5) is 26.6. The van der Waals surface area contributed by atoms with E-state index in [-0.39, 0.29) is 29.6 Å². The quantitative estimate of drug-likeness (QED) is 0.819. The Balaban J connectivity index is 2.21. The molecule has 1 saturated heterocycles. The maximum absolute atomic E-state index is 13.2. The summed E-state index contributed by atoms with van der Waals surface area (Å²) in [6, 6.07) is 3.24. The van der Waals surface area contributed by atoms with Crippen molar-refractivity contribution in [1.29, 1.82) is 0 Å². The van der Waals surface area contributed by atoms with E-state index in [0.29, 0.717) is 13.1 Å². The molecule has 2 rings (SSSR count). The molecule has 24 heavy (non-hydrogen) atoms. The van der Waals surface area contributed by atoms with Gasteiger partial charge in [0, 0.05) is 38.0 Å². The van der Waals surface area contributed by atoms with Crippen molar-refractivity contribution in [2.24, 2.45) is 0 Å². The van der Waals surface area contributed by atoms with Gasteiger partial charge in [-0.25, -0.2) is 0 Å². The highest BCUT2D eigenvalue weighted by molar-refractivity contribution is 6.30. The molecule has 4 nitrogen and oxygen atoms in total. The Morgan fingerprint density at radius 2 is 1.88 bits per heavy atom. The molecule has 0 bridgehead atoms. The van der Waals surface area contributed by atoms with E-state index in [2.05, 4.69) is 0 Å². The van der Waals surface area contributed by atoms with Crippen LogP contribution in [0.3, 0.4) is 0 Å². The largest absolute Gasteiger partial charge is 0.418 e. The summed E-state index contributed by atoms with van der Waals surface area (Å²) in [6.07, 6.45) is -2.80. The Morgan fingerprint density at radius 3 is 2.42 bits per heavy atom. The second-order valence-corrected chi connectivity index (χ2v) is 6.10. The first-order chi connectivity index (χ1) is 11.2. The summed E-state index contributed by atoms with van der Waals surface area (Å²) in [5, 5.41) is -0.0669. The van der Waals surface area contributed by atoms with E-state index in [1.165, 1.54) is 13.0 Å². The third-order valence-electron chi connectivity index (χ3n) is 3.94. The molecule has 0 aromatic heterocycles. The zero-order valence-corrected chi connectivity index (χ0v) is 14.0.